The molecule has 166 valence electrons. The van der Waals surface area contributed by atoms with E-state index in [0.717, 1.165) is 6.07 Å². The summed E-state index contributed by atoms with van der Waals surface area (Å²) in [5.74, 6) is -2.16. The Bertz CT molecular complexity index is 1080. The first kappa shape index (κ1) is 23.2. The molecule has 0 radical (unpaired) electrons. The van der Waals surface area contributed by atoms with Gasteiger partial charge in [-0.05, 0) is 37.1 Å². The van der Waals surface area contributed by atoms with Gasteiger partial charge in [-0.25, -0.2) is 17.6 Å². The molecule has 0 aliphatic carbocycles. The number of sulfonamides is 1. The third-order valence-corrected chi connectivity index (χ3v) is 7.39. The molecule has 1 fully saturated rings. The molecule has 3 rings (SSSR count). The van der Waals surface area contributed by atoms with Gasteiger partial charge < -0.3 is 9.47 Å². The molecule has 0 amide bonds. The van der Waals surface area contributed by atoms with E-state index in [1.165, 1.54) is 41.7 Å². The maximum Gasteiger partial charge on any atom is 0.339 e. The van der Waals surface area contributed by atoms with Gasteiger partial charge in [-0.1, -0.05) is 29.8 Å². The smallest absolute Gasteiger partial charge is 0.339 e. The van der Waals surface area contributed by atoms with Crippen LogP contribution in [0.5, 0.6) is 0 Å². The van der Waals surface area contributed by atoms with Crippen LogP contribution in [0.3, 0.4) is 0 Å². The Hall–Kier alpha value is -2.49. The average molecular weight is 470 g/mol. The predicted octanol–water partition coefficient (Wildman–Crippen LogP) is 3.41. The number of methoxy groups -OCH3 is 1. The minimum absolute atomic E-state index is 0.0392. The highest BCUT2D eigenvalue weighted by molar-refractivity contribution is 7.89. The first-order valence-corrected chi connectivity index (χ1v) is 11.3. The molecule has 10 heteroatoms. The number of ether oxygens (including phenoxy) is 2. The number of benzene rings is 2. The Labute approximate surface area is 184 Å². The van der Waals surface area contributed by atoms with Crippen LogP contribution in [0, 0.1) is 11.7 Å². The second kappa shape index (κ2) is 9.76. The summed E-state index contributed by atoms with van der Waals surface area (Å²) < 4.78 is 50.4. The maximum absolute atomic E-state index is 13.1. The van der Waals surface area contributed by atoms with Crippen molar-refractivity contribution in [1.29, 1.82) is 0 Å². The van der Waals surface area contributed by atoms with Crippen molar-refractivity contribution in [3.05, 3.63) is 64.4 Å². The molecule has 1 aliphatic heterocycles. The van der Waals surface area contributed by atoms with Crippen molar-refractivity contribution in [2.45, 2.75) is 24.3 Å². The molecule has 2 aromatic rings. The summed E-state index contributed by atoms with van der Waals surface area (Å²) in [4.78, 5) is 24.2. The number of rotatable bonds is 6. The standard InChI is InChI=1S/C21H21ClFNO6S/c1-29-21(26)17-4-2-3-5-19(17)31(27,28)24-10-8-14(9-11-24)20(25)30-13-15-6-7-16(23)12-18(15)22/h2-7,12,14H,8-11,13H2,1H3. The molecule has 2 aromatic carbocycles. The van der Waals surface area contributed by atoms with Crippen LogP contribution in [0.4, 0.5) is 4.39 Å². The molecule has 31 heavy (non-hydrogen) atoms. The van der Waals surface area contributed by atoms with Crippen molar-refractivity contribution in [3.63, 3.8) is 0 Å². The third-order valence-electron chi connectivity index (χ3n) is 5.08. The van der Waals surface area contributed by atoms with E-state index in [1.54, 1.807) is 6.07 Å². The van der Waals surface area contributed by atoms with E-state index < -0.39 is 33.7 Å². The number of nitrogens with zero attached hydrogens (tertiary/aromatic N) is 1. The Kier molecular flexibility index (Phi) is 7.30. The molecule has 0 bridgehead atoms. The van der Waals surface area contributed by atoms with E-state index in [2.05, 4.69) is 4.74 Å². The molecule has 0 spiro atoms. The molecule has 7 nitrogen and oxygen atoms in total. The molecular weight excluding hydrogens is 449 g/mol. The molecule has 1 saturated heterocycles. The first-order valence-electron chi connectivity index (χ1n) is 9.52. The summed E-state index contributed by atoms with van der Waals surface area (Å²) >= 11 is 5.93. The number of carbonyl (C=O) groups excluding carboxylic acids is 2. The van der Waals surface area contributed by atoms with Crippen LogP contribution in [-0.4, -0.2) is 44.9 Å². The van der Waals surface area contributed by atoms with Crippen LogP contribution in [-0.2, 0) is 30.9 Å². The zero-order valence-electron chi connectivity index (χ0n) is 16.7. The molecule has 0 saturated carbocycles. The normalized spacial score (nSPS) is 15.5. The summed E-state index contributed by atoms with van der Waals surface area (Å²) in [6.45, 7) is 0.118. The molecule has 0 unspecified atom stereocenters. The van der Waals surface area contributed by atoms with E-state index in [4.69, 9.17) is 16.3 Å². The monoisotopic (exact) mass is 469 g/mol. The number of piperidine rings is 1. The van der Waals surface area contributed by atoms with Gasteiger partial charge in [0.15, 0.2) is 0 Å². The van der Waals surface area contributed by atoms with Crippen LogP contribution < -0.4 is 0 Å². The van der Waals surface area contributed by atoms with Crippen LogP contribution >= 0.6 is 11.6 Å². The van der Waals surface area contributed by atoms with Crippen molar-refractivity contribution < 1.29 is 31.9 Å². The SMILES string of the molecule is COC(=O)c1ccccc1S(=O)(=O)N1CCC(C(=O)OCc2ccc(F)cc2Cl)CC1. The average Bonchev–Trinajstić information content (AvgIpc) is 2.77. The molecule has 0 atom stereocenters. The van der Waals surface area contributed by atoms with E-state index in [-0.39, 0.29) is 48.0 Å². The summed E-state index contributed by atoms with van der Waals surface area (Å²) in [5, 5.41) is 0.165. The third kappa shape index (κ3) is 5.23. The summed E-state index contributed by atoms with van der Waals surface area (Å²) in [6.07, 6.45) is 0.547. The maximum atomic E-state index is 13.1. The minimum atomic E-state index is -3.93. The molecule has 0 aromatic heterocycles. The van der Waals surface area contributed by atoms with Gasteiger partial charge in [-0.15, -0.1) is 0 Å². The van der Waals surface area contributed by atoms with Gasteiger partial charge in [-0.3, -0.25) is 4.79 Å². The van der Waals surface area contributed by atoms with Gasteiger partial charge in [0.2, 0.25) is 10.0 Å². The topological polar surface area (TPSA) is 90.0 Å². The lowest BCUT2D eigenvalue weighted by atomic mass is 9.98. The Morgan fingerprint density at radius 3 is 2.48 bits per heavy atom. The van der Waals surface area contributed by atoms with Crippen molar-refractivity contribution in [2.24, 2.45) is 5.92 Å². The van der Waals surface area contributed by atoms with Gasteiger partial charge in [-0.2, -0.15) is 4.31 Å². The van der Waals surface area contributed by atoms with Gasteiger partial charge in [0.1, 0.15) is 12.4 Å². The molecule has 1 heterocycles. The number of hydrogen-bond acceptors (Lipinski definition) is 6. The Morgan fingerprint density at radius 1 is 1.16 bits per heavy atom. The summed E-state index contributed by atoms with van der Waals surface area (Å²) in [6, 6.07) is 9.65. The van der Waals surface area contributed by atoms with E-state index >= 15 is 0 Å². The Morgan fingerprint density at radius 2 is 1.84 bits per heavy atom. The van der Waals surface area contributed by atoms with E-state index in [1.807, 2.05) is 0 Å². The molecule has 0 N–H and O–H groups in total. The van der Waals surface area contributed by atoms with Gasteiger partial charge >= 0.3 is 11.9 Å². The summed E-state index contributed by atoms with van der Waals surface area (Å²) in [5.41, 5.74) is 0.443. The highest BCUT2D eigenvalue weighted by Gasteiger charge is 2.34. The van der Waals surface area contributed by atoms with Crippen molar-refractivity contribution in [1.82, 2.24) is 4.31 Å². The lowest BCUT2D eigenvalue weighted by Crippen LogP contribution is -2.41. The highest BCUT2D eigenvalue weighted by atomic mass is 35.5. The van der Waals surface area contributed by atoms with Crippen LogP contribution in [0.25, 0.3) is 0 Å². The van der Waals surface area contributed by atoms with E-state index in [9.17, 15) is 22.4 Å². The van der Waals surface area contributed by atoms with Crippen molar-refractivity contribution in [2.75, 3.05) is 20.2 Å². The van der Waals surface area contributed by atoms with Crippen molar-refractivity contribution >= 4 is 33.6 Å². The van der Waals surface area contributed by atoms with Gasteiger partial charge in [0.25, 0.3) is 0 Å². The van der Waals surface area contributed by atoms with Gasteiger partial charge in [0.05, 0.1) is 28.5 Å². The first-order chi connectivity index (χ1) is 14.7. The summed E-state index contributed by atoms with van der Waals surface area (Å²) in [7, 11) is -2.75. The van der Waals surface area contributed by atoms with Gasteiger partial charge in [0, 0.05) is 18.7 Å². The Balaban J connectivity index is 1.62. The second-order valence-electron chi connectivity index (χ2n) is 7.01. The largest absolute Gasteiger partial charge is 0.465 e. The van der Waals surface area contributed by atoms with Crippen molar-refractivity contribution in [3.8, 4) is 0 Å². The zero-order valence-corrected chi connectivity index (χ0v) is 18.3. The number of hydrogen-bond donors (Lipinski definition) is 0. The lowest BCUT2D eigenvalue weighted by molar-refractivity contribution is -0.151. The van der Waals surface area contributed by atoms with Crippen LogP contribution in [0.2, 0.25) is 5.02 Å². The van der Waals surface area contributed by atoms with E-state index in [0.29, 0.717) is 5.56 Å². The number of carbonyl (C=O) groups is 2. The molecular formula is C21H21ClFNO6S. The minimum Gasteiger partial charge on any atom is -0.465 e. The fourth-order valence-corrected chi connectivity index (χ4v) is 5.22. The number of halogens is 2. The lowest BCUT2D eigenvalue weighted by Gasteiger charge is -2.30. The highest BCUT2D eigenvalue weighted by Crippen LogP contribution is 2.27. The fourth-order valence-electron chi connectivity index (χ4n) is 3.35. The van der Waals surface area contributed by atoms with Crippen LogP contribution in [0.15, 0.2) is 47.4 Å². The number of esters is 2. The molecule has 1 aliphatic rings. The van der Waals surface area contributed by atoms with Crippen LogP contribution in [0.1, 0.15) is 28.8 Å². The quantitative estimate of drug-likeness (QED) is 0.602. The zero-order chi connectivity index (χ0) is 22.6. The second-order valence-corrected chi connectivity index (χ2v) is 9.32. The predicted molar refractivity (Wildman–Crippen MR) is 110 cm³/mol. The fraction of sp³-hybridized carbons (Fsp3) is 0.333.